The van der Waals surface area contributed by atoms with E-state index in [9.17, 15) is 22.8 Å². The van der Waals surface area contributed by atoms with Crippen LogP contribution in [0.4, 0.5) is 18.9 Å². The number of rotatable bonds is 5. The fourth-order valence-electron chi connectivity index (χ4n) is 1.71. The van der Waals surface area contributed by atoms with Crippen molar-refractivity contribution < 1.29 is 27.9 Å². The molecular weight excluding hydrogens is 275 g/mol. The molecule has 0 aromatic heterocycles. The van der Waals surface area contributed by atoms with Crippen LogP contribution in [-0.2, 0) is 22.2 Å². The minimum atomic E-state index is -4.49. The molecule has 0 aliphatic heterocycles. The maximum absolute atomic E-state index is 12.6. The number of hydrogen-bond donors (Lipinski definition) is 2. The smallest absolute Gasteiger partial charge is 0.416 e. The second-order valence-electron chi connectivity index (χ2n) is 4.30. The molecule has 1 rings (SSSR count). The summed E-state index contributed by atoms with van der Waals surface area (Å²) in [6.45, 7) is 1.20. The number of aryl methyl sites for hydroxylation is 1. The van der Waals surface area contributed by atoms with Crippen molar-refractivity contribution in [3.05, 3.63) is 29.3 Å². The molecule has 0 atom stereocenters. The van der Waals surface area contributed by atoms with E-state index in [-0.39, 0.29) is 24.9 Å². The Kier molecular flexibility index (Phi) is 5.12. The highest BCUT2D eigenvalue weighted by Crippen LogP contribution is 2.32. The average molecular weight is 289 g/mol. The van der Waals surface area contributed by atoms with Crippen molar-refractivity contribution in [2.45, 2.75) is 32.4 Å². The van der Waals surface area contributed by atoms with Crippen LogP contribution in [0.5, 0.6) is 0 Å². The number of hydrogen-bond acceptors (Lipinski definition) is 2. The van der Waals surface area contributed by atoms with Crippen LogP contribution in [0.25, 0.3) is 0 Å². The van der Waals surface area contributed by atoms with Gasteiger partial charge in [0.15, 0.2) is 0 Å². The van der Waals surface area contributed by atoms with E-state index in [1.54, 1.807) is 0 Å². The molecule has 0 saturated heterocycles. The number of carbonyl (C=O) groups is 2. The van der Waals surface area contributed by atoms with Gasteiger partial charge in [0, 0.05) is 19.0 Å². The molecule has 0 bridgehead atoms. The van der Waals surface area contributed by atoms with Crippen LogP contribution in [0.1, 0.15) is 30.9 Å². The SMILES string of the molecule is CC(=O)Nc1cc(C(F)(F)F)ccc1CCCC(=O)O. The van der Waals surface area contributed by atoms with Gasteiger partial charge in [0.2, 0.25) is 5.91 Å². The van der Waals surface area contributed by atoms with E-state index in [4.69, 9.17) is 5.11 Å². The van der Waals surface area contributed by atoms with Crippen LogP contribution >= 0.6 is 0 Å². The number of halogens is 3. The summed E-state index contributed by atoms with van der Waals surface area (Å²) in [5.41, 5.74) is -0.310. The number of alkyl halides is 3. The number of nitrogens with one attached hydrogen (secondary N) is 1. The summed E-state index contributed by atoms with van der Waals surface area (Å²) in [5, 5.41) is 10.9. The quantitative estimate of drug-likeness (QED) is 0.875. The van der Waals surface area contributed by atoms with Gasteiger partial charge in [-0.05, 0) is 30.5 Å². The van der Waals surface area contributed by atoms with Crippen LogP contribution in [0, 0.1) is 0 Å². The Morgan fingerprint density at radius 1 is 1.30 bits per heavy atom. The van der Waals surface area contributed by atoms with Crippen LogP contribution < -0.4 is 5.32 Å². The minimum absolute atomic E-state index is 0.0673. The summed E-state index contributed by atoms with van der Waals surface area (Å²) in [5.74, 6) is -1.46. The van der Waals surface area contributed by atoms with Crippen molar-refractivity contribution in [1.82, 2.24) is 0 Å². The lowest BCUT2D eigenvalue weighted by Crippen LogP contribution is -2.11. The predicted octanol–water partition coefficient (Wildman–Crippen LogP) is 3.07. The summed E-state index contributed by atoms with van der Waals surface area (Å²) >= 11 is 0. The number of benzene rings is 1. The van der Waals surface area contributed by atoms with Gasteiger partial charge in [-0.1, -0.05) is 6.07 Å². The Balaban J connectivity index is 2.97. The van der Waals surface area contributed by atoms with Gasteiger partial charge < -0.3 is 10.4 Å². The van der Waals surface area contributed by atoms with Crippen LogP contribution in [-0.4, -0.2) is 17.0 Å². The molecule has 0 aliphatic rings. The normalized spacial score (nSPS) is 11.2. The highest BCUT2D eigenvalue weighted by molar-refractivity contribution is 5.89. The number of aliphatic carboxylic acids is 1. The molecule has 0 aliphatic carbocycles. The molecule has 2 N–H and O–H groups in total. The molecule has 0 fully saturated rings. The molecule has 0 spiro atoms. The largest absolute Gasteiger partial charge is 0.481 e. The Bertz CT molecular complexity index is 512. The zero-order chi connectivity index (χ0) is 15.3. The van der Waals surface area contributed by atoms with Crippen LogP contribution in [0.15, 0.2) is 18.2 Å². The first-order valence-electron chi connectivity index (χ1n) is 5.89. The summed E-state index contributed by atoms with van der Waals surface area (Å²) in [6, 6.07) is 3.04. The number of carbonyl (C=O) groups excluding carboxylic acids is 1. The van der Waals surface area contributed by atoms with Crippen molar-refractivity contribution in [3.8, 4) is 0 Å². The van der Waals surface area contributed by atoms with Crippen LogP contribution in [0.2, 0.25) is 0 Å². The van der Waals surface area contributed by atoms with Gasteiger partial charge in [-0.2, -0.15) is 13.2 Å². The van der Waals surface area contributed by atoms with Gasteiger partial charge in [-0.15, -0.1) is 0 Å². The molecule has 0 saturated carbocycles. The second-order valence-corrected chi connectivity index (χ2v) is 4.30. The summed E-state index contributed by atoms with van der Waals surface area (Å²) < 4.78 is 37.8. The maximum atomic E-state index is 12.6. The van der Waals surface area contributed by atoms with Crippen molar-refractivity contribution >= 4 is 17.6 Å². The fourth-order valence-corrected chi connectivity index (χ4v) is 1.71. The Labute approximate surface area is 113 Å². The van der Waals surface area contributed by atoms with Gasteiger partial charge in [0.05, 0.1) is 5.56 Å². The number of amides is 1. The average Bonchev–Trinajstić information content (AvgIpc) is 2.28. The van der Waals surface area contributed by atoms with E-state index in [1.165, 1.54) is 13.0 Å². The number of anilines is 1. The molecule has 4 nitrogen and oxygen atoms in total. The van der Waals surface area contributed by atoms with E-state index >= 15 is 0 Å². The Morgan fingerprint density at radius 2 is 1.95 bits per heavy atom. The lowest BCUT2D eigenvalue weighted by atomic mass is 10.0. The third kappa shape index (κ3) is 4.91. The summed E-state index contributed by atoms with van der Waals surface area (Å²) in [6.07, 6.45) is -4.01. The third-order valence-electron chi connectivity index (χ3n) is 2.58. The van der Waals surface area contributed by atoms with Crippen molar-refractivity contribution in [2.75, 3.05) is 5.32 Å². The Morgan fingerprint density at radius 3 is 2.45 bits per heavy atom. The lowest BCUT2D eigenvalue weighted by molar-refractivity contribution is -0.138. The van der Waals surface area contributed by atoms with E-state index in [0.29, 0.717) is 5.56 Å². The van der Waals surface area contributed by atoms with Gasteiger partial charge in [-0.3, -0.25) is 9.59 Å². The van der Waals surface area contributed by atoms with Gasteiger partial charge in [0.1, 0.15) is 0 Å². The highest BCUT2D eigenvalue weighted by Gasteiger charge is 2.31. The molecule has 1 amide bonds. The first-order valence-corrected chi connectivity index (χ1v) is 5.89. The standard InChI is InChI=1S/C13H14F3NO3/c1-8(18)17-11-7-10(13(14,15)16)6-5-9(11)3-2-4-12(19)20/h5-7H,2-4H2,1H3,(H,17,18)(H,19,20). The van der Waals surface area contributed by atoms with Gasteiger partial charge >= 0.3 is 12.1 Å². The molecule has 7 heteroatoms. The summed E-state index contributed by atoms with van der Waals surface area (Å²) in [4.78, 5) is 21.4. The van der Waals surface area contributed by atoms with E-state index in [1.807, 2.05) is 0 Å². The first kappa shape index (κ1) is 16.0. The minimum Gasteiger partial charge on any atom is -0.481 e. The zero-order valence-electron chi connectivity index (χ0n) is 10.8. The van der Waals surface area contributed by atoms with Crippen molar-refractivity contribution in [3.63, 3.8) is 0 Å². The lowest BCUT2D eigenvalue weighted by Gasteiger charge is -2.13. The molecule has 0 radical (unpaired) electrons. The maximum Gasteiger partial charge on any atom is 0.416 e. The molecule has 0 unspecified atom stereocenters. The molecule has 1 aromatic carbocycles. The first-order chi connectivity index (χ1) is 9.20. The topological polar surface area (TPSA) is 66.4 Å². The molecule has 0 heterocycles. The fraction of sp³-hybridized carbons (Fsp3) is 0.385. The van der Waals surface area contributed by atoms with E-state index in [2.05, 4.69) is 5.32 Å². The zero-order valence-corrected chi connectivity index (χ0v) is 10.8. The summed E-state index contributed by atoms with van der Waals surface area (Å²) in [7, 11) is 0. The predicted molar refractivity (Wildman–Crippen MR) is 66.3 cm³/mol. The highest BCUT2D eigenvalue weighted by atomic mass is 19.4. The number of carboxylic acids is 1. The van der Waals surface area contributed by atoms with Crippen LogP contribution in [0.3, 0.4) is 0 Å². The Hall–Kier alpha value is -2.05. The van der Waals surface area contributed by atoms with E-state index < -0.39 is 23.6 Å². The molecule has 110 valence electrons. The van der Waals surface area contributed by atoms with Gasteiger partial charge in [0.25, 0.3) is 0 Å². The molecule has 1 aromatic rings. The molecular formula is C13H14F3NO3. The van der Waals surface area contributed by atoms with Crippen molar-refractivity contribution in [2.24, 2.45) is 0 Å². The van der Waals surface area contributed by atoms with Gasteiger partial charge in [-0.25, -0.2) is 0 Å². The second kappa shape index (κ2) is 6.40. The molecule has 20 heavy (non-hydrogen) atoms. The monoisotopic (exact) mass is 289 g/mol. The third-order valence-corrected chi connectivity index (χ3v) is 2.58. The van der Waals surface area contributed by atoms with E-state index in [0.717, 1.165) is 12.1 Å². The van der Waals surface area contributed by atoms with Crippen molar-refractivity contribution in [1.29, 1.82) is 0 Å². The number of carboxylic acid groups (broad SMARTS) is 1.